The zero-order valence-corrected chi connectivity index (χ0v) is 9.57. The van der Waals surface area contributed by atoms with Crippen molar-refractivity contribution in [2.45, 2.75) is 25.6 Å². The van der Waals surface area contributed by atoms with Crippen LogP contribution in [0.4, 0.5) is 4.39 Å². The lowest BCUT2D eigenvalue weighted by Crippen LogP contribution is -2.23. The van der Waals surface area contributed by atoms with Crippen LogP contribution in [0.25, 0.3) is 0 Å². The average molecular weight is 227 g/mol. The molecule has 2 unspecified atom stereocenters. The van der Waals surface area contributed by atoms with Crippen LogP contribution in [-0.4, -0.2) is 29.9 Å². The summed E-state index contributed by atoms with van der Waals surface area (Å²) in [6.45, 7) is 2.25. The highest BCUT2D eigenvalue weighted by atomic mass is 19.1. The molecule has 1 aromatic rings. The summed E-state index contributed by atoms with van der Waals surface area (Å²) in [5.74, 6) is -0.305. The predicted octanol–water partition coefficient (Wildman–Crippen LogP) is 1.14. The Morgan fingerprint density at radius 2 is 2.06 bits per heavy atom. The molecule has 3 N–H and O–H groups in total. The molecule has 0 saturated heterocycles. The minimum absolute atomic E-state index is 0.305. The van der Waals surface area contributed by atoms with E-state index in [9.17, 15) is 14.6 Å². The Bertz CT molecular complexity index is 344. The lowest BCUT2D eigenvalue weighted by Gasteiger charge is -2.18. The first kappa shape index (κ1) is 13.1. The van der Waals surface area contributed by atoms with Gasteiger partial charge in [0.15, 0.2) is 0 Å². The van der Waals surface area contributed by atoms with E-state index in [2.05, 4.69) is 5.32 Å². The predicted molar refractivity (Wildman–Crippen MR) is 60.6 cm³/mol. The van der Waals surface area contributed by atoms with E-state index in [0.29, 0.717) is 24.1 Å². The summed E-state index contributed by atoms with van der Waals surface area (Å²) in [7, 11) is 1.78. The standard InChI is InChI=1S/C12H18FNO2/c1-8-7-9(3-4-10(8)13)12(16)11(15)5-6-14-2/h3-4,7,11-12,14-16H,5-6H2,1-2H3. The van der Waals surface area contributed by atoms with Crippen LogP contribution in [0.5, 0.6) is 0 Å². The van der Waals surface area contributed by atoms with E-state index < -0.39 is 12.2 Å². The van der Waals surface area contributed by atoms with Crippen LogP contribution in [0.15, 0.2) is 18.2 Å². The molecule has 16 heavy (non-hydrogen) atoms. The first-order chi connectivity index (χ1) is 7.56. The Labute approximate surface area is 94.9 Å². The molecule has 0 aliphatic rings. The molecular weight excluding hydrogens is 209 g/mol. The number of nitrogens with one attached hydrogen (secondary N) is 1. The monoisotopic (exact) mass is 227 g/mol. The third-order valence-electron chi connectivity index (χ3n) is 2.58. The third-order valence-corrected chi connectivity index (χ3v) is 2.58. The van der Waals surface area contributed by atoms with Gasteiger partial charge >= 0.3 is 0 Å². The molecular formula is C12H18FNO2. The highest BCUT2D eigenvalue weighted by molar-refractivity contribution is 5.26. The number of halogens is 1. The Kier molecular flexibility index (Phi) is 4.86. The Hall–Kier alpha value is -0.970. The molecule has 0 bridgehead atoms. The van der Waals surface area contributed by atoms with Gasteiger partial charge in [-0.2, -0.15) is 0 Å². The maximum Gasteiger partial charge on any atom is 0.126 e. The zero-order chi connectivity index (χ0) is 12.1. The molecule has 4 heteroatoms. The maximum atomic E-state index is 13.0. The molecule has 2 atom stereocenters. The fraction of sp³-hybridized carbons (Fsp3) is 0.500. The Morgan fingerprint density at radius 1 is 1.38 bits per heavy atom. The maximum absolute atomic E-state index is 13.0. The second kappa shape index (κ2) is 5.94. The van der Waals surface area contributed by atoms with Crippen LogP contribution < -0.4 is 5.32 Å². The molecule has 0 heterocycles. The van der Waals surface area contributed by atoms with Gasteiger partial charge in [0.2, 0.25) is 0 Å². The first-order valence-electron chi connectivity index (χ1n) is 5.33. The number of hydrogen-bond acceptors (Lipinski definition) is 3. The van der Waals surface area contributed by atoms with E-state index in [4.69, 9.17) is 0 Å². The fourth-order valence-electron chi connectivity index (χ4n) is 1.52. The van der Waals surface area contributed by atoms with Crippen LogP contribution in [-0.2, 0) is 0 Å². The van der Waals surface area contributed by atoms with Crippen LogP contribution in [0.1, 0.15) is 23.7 Å². The highest BCUT2D eigenvalue weighted by Crippen LogP contribution is 2.20. The smallest absolute Gasteiger partial charge is 0.126 e. The molecule has 0 aromatic heterocycles. The van der Waals surface area contributed by atoms with Crippen molar-refractivity contribution in [2.24, 2.45) is 0 Å². The Balaban J connectivity index is 2.71. The van der Waals surface area contributed by atoms with Gasteiger partial charge < -0.3 is 15.5 Å². The lowest BCUT2D eigenvalue weighted by molar-refractivity contribution is 0.0139. The summed E-state index contributed by atoms with van der Waals surface area (Å²) in [5, 5.41) is 22.4. The molecule has 0 amide bonds. The molecule has 0 spiro atoms. The molecule has 1 aromatic carbocycles. The van der Waals surface area contributed by atoms with Crippen LogP contribution in [0.3, 0.4) is 0 Å². The van der Waals surface area contributed by atoms with Crippen LogP contribution >= 0.6 is 0 Å². The number of aliphatic hydroxyl groups excluding tert-OH is 2. The summed E-state index contributed by atoms with van der Waals surface area (Å²) in [6.07, 6.45) is -1.35. The van der Waals surface area contributed by atoms with Crippen molar-refractivity contribution in [1.29, 1.82) is 0 Å². The van der Waals surface area contributed by atoms with Gasteiger partial charge in [-0.1, -0.05) is 12.1 Å². The topological polar surface area (TPSA) is 52.5 Å². The lowest BCUT2D eigenvalue weighted by atomic mass is 10.0. The zero-order valence-electron chi connectivity index (χ0n) is 9.57. The molecule has 0 saturated carbocycles. The Morgan fingerprint density at radius 3 is 2.62 bits per heavy atom. The first-order valence-corrected chi connectivity index (χ1v) is 5.33. The molecule has 90 valence electrons. The van der Waals surface area contributed by atoms with E-state index in [1.165, 1.54) is 12.1 Å². The van der Waals surface area contributed by atoms with Crippen LogP contribution in [0.2, 0.25) is 0 Å². The molecule has 1 rings (SSSR count). The van der Waals surface area contributed by atoms with Crippen molar-refractivity contribution in [3.05, 3.63) is 35.1 Å². The molecule has 0 aliphatic heterocycles. The van der Waals surface area contributed by atoms with E-state index >= 15 is 0 Å². The van der Waals surface area contributed by atoms with Crippen molar-refractivity contribution >= 4 is 0 Å². The van der Waals surface area contributed by atoms with E-state index in [-0.39, 0.29) is 5.82 Å². The minimum atomic E-state index is -0.965. The minimum Gasteiger partial charge on any atom is -0.390 e. The van der Waals surface area contributed by atoms with Gasteiger partial charge in [0.05, 0.1) is 6.10 Å². The summed E-state index contributed by atoms with van der Waals surface area (Å²) < 4.78 is 13.0. The summed E-state index contributed by atoms with van der Waals surface area (Å²) in [4.78, 5) is 0. The SMILES string of the molecule is CNCCC(O)C(O)c1ccc(F)c(C)c1. The quantitative estimate of drug-likeness (QED) is 0.707. The normalized spacial score (nSPS) is 14.8. The van der Waals surface area contributed by atoms with E-state index in [1.54, 1.807) is 20.0 Å². The number of benzene rings is 1. The van der Waals surface area contributed by atoms with E-state index in [1.807, 2.05) is 0 Å². The van der Waals surface area contributed by atoms with Crippen molar-refractivity contribution in [1.82, 2.24) is 5.32 Å². The third kappa shape index (κ3) is 3.27. The van der Waals surface area contributed by atoms with Gasteiger partial charge in [-0.3, -0.25) is 0 Å². The van der Waals surface area contributed by atoms with Gasteiger partial charge in [0.25, 0.3) is 0 Å². The van der Waals surface area contributed by atoms with Gasteiger partial charge in [-0.25, -0.2) is 4.39 Å². The number of aryl methyl sites for hydroxylation is 1. The van der Waals surface area contributed by atoms with Gasteiger partial charge in [-0.15, -0.1) is 0 Å². The average Bonchev–Trinajstić information content (AvgIpc) is 2.28. The van der Waals surface area contributed by atoms with Crippen molar-refractivity contribution in [3.8, 4) is 0 Å². The van der Waals surface area contributed by atoms with Crippen LogP contribution in [0, 0.1) is 12.7 Å². The molecule has 0 radical (unpaired) electrons. The second-order valence-electron chi connectivity index (χ2n) is 3.91. The van der Waals surface area contributed by atoms with Crippen molar-refractivity contribution in [3.63, 3.8) is 0 Å². The van der Waals surface area contributed by atoms with E-state index in [0.717, 1.165) is 0 Å². The second-order valence-corrected chi connectivity index (χ2v) is 3.91. The summed E-state index contributed by atoms with van der Waals surface area (Å²) in [5.41, 5.74) is 1.01. The number of rotatable bonds is 5. The largest absolute Gasteiger partial charge is 0.390 e. The summed E-state index contributed by atoms with van der Waals surface area (Å²) in [6, 6.07) is 4.36. The molecule has 0 aliphatic carbocycles. The highest BCUT2D eigenvalue weighted by Gasteiger charge is 2.18. The van der Waals surface area contributed by atoms with Gasteiger partial charge in [0, 0.05) is 0 Å². The molecule has 3 nitrogen and oxygen atoms in total. The van der Waals surface area contributed by atoms with Gasteiger partial charge in [-0.05, 0) is 44.1 Å². The number of aliphatic hydroxyl groups is 2. The summed E-state index contributed by atoms with van der Waals surface area (Å²) >= 11 is 0. The fourth-order valence-corrected chi connectivity index (χ4v) is 1.52. The van der Waals surface area contributed by atoms with Crippen molar-refractivity contribution in [2.75, 3.05) is 13.6 Å². The molecule has 0 fully saturated rings. The number of hydrogen-bond donors (Lipinski definition) is 3. The van der Waals surface area contributed by atoms with Crippen molar-refractivity contribution < 1.29 is 14.6 Å². The van der Waals surface area contributed by atoms with Gasteiger partial charge in [0.1, 0.15) is 11.9 Å².